The molecule has 0 fully saturated rings. The Labute approximate surface area is 83.1 Å². The van der Waals surface area contributed by atoms with Gasteiger partial charge in [-0.1, -0.05) is 6.92 Å². The molecule has 0 rings (SSSR count). The lowest BCUT2D eigenvalue weighted by atomic mass is 10.9. The summed E-state index contributed by atoms with van der Waals surface area (Å²) in [6, 6.07) is 0. The summed E-state index contributed by atoms with van der Waals surface area (Å²) in [6.07, 6.45) is 0. The van der Waals surface area contributed by atoms with Crippen molar-refractivity contribution in [2.45, 2.75) is 11.5 Å². The lowest BCUT2D eigenvalue weighted by Crippen LogP contribution is -1.94. The highest BCUT2D eigenvalue weighted by Crippen LogP contribution is 2.12. The van der Waals surface area contributed by atoms with Gasteiger partial charge in [-0.2, -0.15) is 48.8 Å². The topological polar surface area (TPSA) is 0 Å². The minimum atomic E-state index is 0.247. The third-order valence-corrected chi connectivity index (χ3v) is 3.92. The number of thiol groups is 2. The molecule has 0 N–H and O–H groups in total. The van der Waals surface area contributed by atoms with Crippen molar-refractivity contribution in [2.75, 3.05) is 23.0 Å². The van der Waals surface area contributed by atoms with E-state index in [9.17, 15) is 0 Å². The molecule has 0 spiro atoms. The van der Waals surface area contributed by atoms with Gasteiger partial charge in [-0.25, -0.2) is 0 Å². The molecule has 10 heavy (non-hydrogen) atoms. The van der Waals surface area contributed by atoms with Crippen molar-refractivity contribution in [3.05, 3.63) is 0 Å². The lowest BCUT2D eigenvalue weighted by molar-refractivity contribution is 1.43. The fraction of sp³-hybridized carbons (Fsp3) is 1.00. The quantitative estimate of drug-likeness (QED) is 0.396. The summed E-state index contributed by atoms with van der Waals surface area (Å²) in [4.78, 5) is 0. The van der Waals surface area contributed by atoms with Crippen molar-refractivity contribution in [3.63, 3.8) is 0 Å². The van der Waals surface area contributed by atoms with Crippen LogP contribution in [0.1, 0.15) is 6.92 Å². The van der Waals surface area contributed by atoms with Gasteiger partial charge in [0.05, 0.1) is 4.58 Å². The van der Waals surface area contributed by atoms with Crippen LogP contribution in [-0.2, 0) is 0 Å². The van der Waals surface area contributed by atoms with Gasteiger partial charge >= 0.3 is 0 Å². The highest BCUT2D eigenvalue weighted by Gasteiger charge is 1.94. The minimum absolute atomic E-state index is 0.247. The Kier molecular flexibility index (Phi) is 9.69. The first-order valence-electron chi connectivity index (χ1n) is 3.29. The zero-order valence-corrected chi connectivity index (χ0v) is 9.54. The maximum Gasteiger partial charge on any atom is 0.0532 e. The van der Waals surface area contributed by atoms with Crippen molar-refractivity contribution in [3.8, 4) is 0 Å². The first-order valence-corrected chi connectivity index (χ1v) is 6.63. The highest BCUT2D eigenvalue weighted by atomic mass is 32.2. The molecule has 0 aromatic heterocycles. The maximum absolute atomic E-state index is 4.16. The molecule has 0 bridgehead atoms. The van der Waals surface area contributed by atoms with Crippen molar-refractivity contribution in [1.82, 2.24) is 0 Å². The summed E-state index contributed by atoms with van der Waals surface area (Å²) >= 11 is 12.2. The van der Waals surface area contributed by atoms with E-state index in [0.717, 1.165) is 5.75 Å². The van der Waals surface area contributed by atoms with Gasteiger partial charge in [0, 0.05) is 17.3 Å². The summed E-state index contributed by atoms with van der Waals surface area (Å²) in [7, 11) is 0. The van der Waals surface area contributed by atoms with E-state index in [4.69, 9.17) is 0 Å². The Balaban J connectivity index is 2.77. The van der Waals surface area contributed by atoms with Gasteiger partial charge in [0.15, 0.2) is 0 Å². The van der Waals surface area contributed by atoms with Gasteiger partial charge in [-0.3, -0.25) is 0 Å². The van der Waals surface area contributed by atoms with Crippen molar-refractivity contribution in [2.24, 2.45) is 0 Å². The average molecular weight is 214 g/mol. The fourth-order valence-electron chi connectivity index (χ4n) is 0.451. The van der Waals surface area contributed by atoms with E-state index in [1.165, 1.54) is 17.3 Å². The van der Waals surface area contributed by atoms with E-state index in [1.807, 2.05) is 23.5 Å². The first-order chi connectivity index (χ1) is 4.77. The van der Waals surface area contributed by atoms with Crippen molar-refractivity contribution >= 4 is 48.8 Å². The van der Waals surface area contributed by atoms with Crippen LogP contribution in [-0.4, -0.2) is 27.6 Å². The second-order valence-corrected chi connectivity index (χ2v) is 5.95. The highest BCUT2D eigenvalue weighted by molar-refractivity contribution is 8.05. The van der Waals surface area contributed by atoms with Crippen LogP contribution in [0.3, 0.4) is 0 Å². The third-order valence-electron chi connectivity index (χ3n) is 0.843. The summed E-state index contributed by atoms with van der Waals surface area (Å²) < 4.78 is 0.247. The SMILES string of the molecule is CCSCCSCC(S)S. The van der Waals surface area contributed by atoms with E-state index in [-0.39, 0.29) is 4.58 Å². The number of hydrogen-bond acceptors (Lipinski definition) is 4. The molecule has 0 aromatic rings. The number of thioether (sulfide) groups is 2. The van der Waals surface area contributed by atoms with Crippen LogP contribution >= 0.6 is 48.8 Å². The molecule has 0 aliphatic rings. The normalized spacial score (nSPS) is 10.8. The molecule has 4 heteroatoms. The van der Waals surface area contributed by atoms with Crippen LogP contribution < -0.4 is 0 Å². The predicted octanol–water partition coefficient (Wildman–Crippen LogP) is 2.66. The van der Waals surface area contributed by atoms with Crippen LogP contribution in [0.2, 0.25) is 0 Å². The van der Waals surface area contributed by atoms with E-state index < -0.39 is 0 Å². The minimum Gasteiger partial charge on any atom is -0.164 e. The lowest BCUT2D eigenvalue weighted by Gasteiger charge is -2.01. The van der Waals surface area contributed by atoms with Gasteiger partial charge in [0.1, 0.15) is 0 Å². The molecule has 0 radical (unpaired) electrons. The van der Waals surface area contributed by atoms with Crippen LogP contribution in [0.5, 0.6) is 0 Å². The Morgan fingerprint density at radius 3 is 2.30 bits per heavy atom. The standard InChI is InChI=1S/C6H14S4/c1-2-9-3-4-10-5-6(7)8/h6-8H,2-5H2,1H3. The third kappa shape index (κ3) is 9.40. The Morgan fingerprint density at radius 2 is 1.80 bits per heavy atom. The van der Waals surface area contributed by atoms with Crippen LogP contribution in [0.25, 0.3) is 0 Å². The van der Waals surface area contributed by atoms with Gasteiger partial charge in [0.25, 0.3) is 0 Å². The van der Waals surface area contributed by atoms with Gasteiger partial charge in [0.2, 0.25) is 0 Å². The summed E-state index contributed by atoms with van der Waals surface area (Å²) in [6.45, 7) is 2.19. The van der Waals surface area contributed by atoms with Crippen molar-refractivity contribution in [1.29, 1.82) is 0 Å². The molecule has 0 heterocycles. The van der Waals surface area contributed by atoms with Crippen LogP contribution in [0.15, 0.2) is 0 Å². The molecular weight excluding hydrogens is 200 g/mol. The van der Waals surface area contributed by atoms with E-state index in [2.05, 4.69) is 32.2 Å². The fourth-order valence-corrected chi connectivity index (χ4v) is 2.69. The van der Waals surface area contributed by atoms with Gasteiger partial charge < -0.3 is 0 Å². The monoisotopic (exact) mass is 214 g/mol. The number of hydrogen-bond donors (Lipinski definition) is 2. The molecular formula is C6H14S4. The summed E-state index contributed by atoms with van der Waals surface area (Å²) in [5, 5.41) is 0. The Hall–Kier alpha value is 1.40. The molecule has 0 aliphatic heterocycles. The molecule has 0 saturated carbocycles. The molecule has 0 saturated heterocycles. The molecule has 0 unspecified atom stereocenters. The molecule has 0 nitrogen and oxygen atoms in total. The van der Waals surface area contributed by atoms with Gasteiger partial charge in [-0.15, -0.1) is 0 Å². The molecule has 62 valence electrons. The second-order valence-electron chi connectivity index (χ2n) is 1.75. The molecule has 0 aromatic carbocycles. The van der Waals surface area contributed by atoms with Crippen molar-refractivity contribution < 1.29 is 0 Å². The zero-order valence-electron chi connectivity index (χ0n) is 6.12. The smallest absolute Gasteiger partial charge is 0.0532 e. The number of rotatable bonds is 6. The van der Waals surface area contributed by atoms with E-state index >= 15 is 0 Å². The second kappa shape index (κ2) is 8.50. The molecule has 0 amide bonds. The summed E-state index contributed by atoms with van der Waals surface area (Å²) in [5.41, 5.74) is 0. The molecule has 0 aliphatic carbocycles. The first kappa shape index (κ1) is 11.4. The maximum atomic E-state index is 4.16. The average Bonchev–Trinajstić information content (AvgIpc) is 1.87. The van der Waals surface area contributed by atoms with Crippen LogP contribution in [0, 0.1) is 0 Å². The molecule has 0 atom stereocenters. The van der Waals surface area contributed by atoms with E-state index in [1.54, 1.807) is 0 Å². The Morgan fingerprint density at radius 1 is 1.20 bits per heavy atom. The van der Waals surface area contributed by atoms with E-state index in [0.29, 0.717) is 0 Å². The van der Waals surface area contributed by atoms with Gasteiger partial charge in [-0.05, 0) is 5.75 Å². The van der Waals surface area contributed by atoms with Crippen LogP contribution in [0.4, 0.5) is 0 Å². The zero-order chi connectivity index (χ0) is 7.82. The Bertz CT molecular complexity index is 64.8. The summed E-state index contributed by atoms with van der Waals surface area (Å²) in [5.74, 6) is 4.77. The largest absolute Gasteiger partial charge is 0.164 e. The predicted molar refractivity (Wildman–Crippen MR) is 62.1 cm³/mol.